The van der Waals surface area contributed by atoms with Gasteiger partial charge in [0.1, 0.15) is 5.75 Å². The average Bonchev–Trinajstić information content (AvgIpc) is 2.56. The number of hydrogen-bond donors (Lipinski definition) is 1. The van der Waals surface area contributed by atoms with Gasteiger partial charge in [-0.15, -0.1) is 0 Å². The summed E-state index contributed by atoms with van der Waals surface area (Å²) in [5.41, 5.74) is 3.47. The van der Waals surface area contributed by atoms with Gasteiger partial charge in [0.2, 0.25) is 0 Å². The minimum atomic E-state index is -0.162. The predicted octanol–water partition coefficient (Wildman–Crippen LogP) is 4.72. The van der Waals surface area contributed by atoms with Crippen LogP contribution >= 0.6 is 0 Å². The number of nitrogens with one attached hydrogen (secondary N) is 1. The lowest BCUT2D eigenvalue weighted by Gasteiger charge is -2.14. The molecule has 0 aliphatic carbocycles. The molecule has 0 aliphatic heterocycles. The molecule has 3 aromatic rings. The number of ether oxygens (including phenoxy) is 1. The summed E-state index contributed by atoms with van der Waals surface area (Å²) in [5.74, 6) is 0.414. The first-order valence-corrected chi connectivity index (χ1v) is 7.54. The van der Waals surface area contributed by atoms with Gasteiger partial charge in [-0.25, -0.2) is 0 Å². The van der Waals surface area contributed by atoms with Crippen molar-refractivity contribution in [3.8, 4) is 5.75 Å². The van der Waals surface area contributed by atoms with Crippen LogP contribution in [0.1, 0.15) is 21.5 Å². The highest BCUT2D eigenvalue weighted by Crippen LogP contribution is 2.28. The van der Waals surface area contributed by atoms with Crippen molar-refractivity contribution in [2.45, 2.75) is 13.8 Å². The second kappa shape index (κ2) is 6.13. The zero-order valence-corrected chi connectivity index (χ0v) is 13.5. The van der Waals surface area contributed by atoms with Crippen molar-refractivity contribution in [3.63, 3.8) is 0 Å². The molecule has 1 N–H and O–H groups in total. The van der Waals surface area contributed by atoms with Crippen LogP contribution in [0.4, 0.5) is 5.69 Å². The van der Waals surface area contributed by atoms with Crippen LogP contribution < -0.4 is 10.1 Å². The summed E-state index contributed by atoms with van der Waals surface area (Å²) in [5, 5.41) is 5.08. The van der Waals surface area contributed by atoms with E-state index in [0.29, 0.717) is 11.3 Å². The molecule has 0 unspecified atom stereocenters. The Bertz CT molecular complexity index is 864. The summed E-state index contributed by atoms with van der Waals surface area (Å²) in [6, 6.07) is 17.7. The molecular weight excluding hydrogens is 286 g/mol. The number of para-hydroxylation sites is 1. The van der Waals surface area contributed by atoms with Crippen LogP contribution in [0, 0.1) is 13.8 Å². The summed E-state index contributed by atoms with van der Waals surface area (Å²) >= 11 is 0. The number of hydrogen-bond acceptors (Lipinski definition) is 2. The smallest absolute Gasteiger partial charge is 0.259 e. The molecule has 0 saturated heterocycles. The molecule has 3 heteroatoms. The van der Waals surface area contributed by atoms with Crippen LogP contribution in [0.2, 0.25) is 0 Å². The Labute approximate surface area is 135 Å². The van der Waals surface area contributed by atoms with Crippen molar-refractivity contribution in [2.75, 3.05) is 12.4 Å². The molecule has 0 spiro atoms. The van der Waals surface area contributed by atoms with Gasteiger partial charge < -0.3 is 10.1 Å². The monoisotopic (exact) mass is 305 g/mol. The van der Waals surface area contributed by atoms with Crippen LogP contribution in [0.3, 0.4) is 0 Å². The third-order valence-corrected chi connectivity index (χ3v) is 4.03. The number of aryl methyl sites for hydroxylation is 2. The minimum absolute atomic E-state index is 0.162. The Kier molecular flexibility index (Phi) is 4.02. The molecule has 0 heterocycles. The second-order valence-electron chi connectivity index (χ2n) is 5.62. The number of amides is 1. The molecule has 23 heavy (non-hydrogen) atoms. The maximum Gasteiger partial charge on any atom is 0.259 e. The zero-order chi connectivity index (χ0) is 16.4. The second-order valence-corrected chi connectivity index (χ2v) is 5.62. The SMILES string of the molecule is COc1cc2ccccc2cc1C(=O)Nc1c(C)cccc1C. The fraction of sp³-hybridized carbons (Fsp3) is 0.150. The van der Waals surface area contributed by atoms with E-state index in [1.165, 1.54) is 0 Å². The number of rotatable bonds is 3. The van der Waals surface area contributed by atoms with Crippen LogP contribution in [0.25, 0.3) is 10.8 Å². The van der Waals surface area contributed by atoms with Crippen molar-refractivity contribution in [1.29, 1.82) is 0 Å². The van der Waals surface area contributed by atoms with Gasteiger partial charge in [-0.3, -0.25) is 4.79 Å². The largest absolute Gasteiger partial charge is 0.496 e. The molecular formula is C20H19NO2. The summed E-state index contributed by atoms with van der Waals surface area (Å²) in [4.78, 5) is 12.8. The molecule has 0 atom stereocenters. The van der Waals surface area contributed by atoms with Crippen molar-refractivity contribution in [1.82, 2.24) is 0 Å². The first-order valence-electron chi connectivity index (χ1n) is 7.54. The Hall–Kier alpha value is -2.81. The van der Waals surface area contributed by atoms with Crippen LogP contribution in [-0.4, -0.2) is 13.0 Å². The van der Waals surface area contributed by atoms with E-state index in [9.17, 15) is 4.79 Å². The lowest BCUT2D eigenvalue weighted by Crippen LogP contribution is -2.15. The lowest BCUT2D eigenvalue weighted by atomic mass is 10.0. The molecule has 3 aromatic carbocycles. The number of methoxy groups -OCH3 is 1. The quantitative estimate of drug-likeness (QED) is 0.760. The number of carbonyl (C=O) groups excluding carboxylic acids is 1. The minimum Gasteiger partial charge on any atom is -0.496 e. The lowest BCUT2D eigenvalue weighted by molar-refractivity contribution is 0.102. The molecule has 3 nitrogen and oxygen atoms in total. The molecule has 116 valence electrons. The number of fused-ring (bicyclic) bond motifs is 1. The fourth-order valence-electron chi connectivity index (χ4n) is 2.76. The summed E-state index contributed by atoms with van der Waals surface area (Å²) < 4.78 is 5.41. The van der Waals surface area contributed by atoms with E-state index in [1.54, 1.807) is 7.11 Å². The topological polar surface area (TPSA) is 38.3 Å². The summed E-state index contributed by atoms with van der Waals surface area (Å²) in [6.45, 7) is 3.97. The maximum absolute atomic E-state index is 12.8. The fourth-order valence-corrected chi connectivity index (χ4v) is 2.76. The summed E-state index contributed by atoms with van der Waals surface area (Å²) in [6.07, 6.45) is 0. The van der Waals surface area contributed by atoms with E-state index >= 15 is 0 Å². The van der Waals surface area contributed by atoms with Crippen molar-refractivity contribution >= 4 is 22.4 Å². The van der Waals surface area contributed by atoms with Gasteiger partial charge in [0, 0.05) is 5.69 Å². The van der Waals surface area contributed by atoms with E-state index in [2.05, 4.69) is 5.32 Å². The van der Waals surface area contributed by atoms with Gasteiger partial charge in [-0.2, -0.15) is 0 Å². The van der Waals surface area contributed by atoms with Gasteiger partial charge in [-0.05, 0) is 47.9 Å². The van der Waals surface area contributed by atoms with E-state index < -0.39 is 0 Å². The number of benzene rings is 3. The van der Waals surface area contributed by atoms with E-state index in [1.807, 2.05) is 68.4 Å². The normalized spacial score (nSPS) is 10.6. The molecule has 0 bridgehead atoms. The first-order chi connectivity index (χ1) is 11.1. The molecule has 0 aromatic heterocycles. The van der Waals surface area contributed by atoms with E-state index in [0.717, 1.165) is 27.6 Å². The van der Waals surface area contributed by atoms with Crippen molar-refractivity contribution in [3.05, 3.63) is 71.3 Å². The average molecular weight is 305 g/mol. The Morgan fingerprint density at radius 1 is 0.913 bits per heavy atom. The van der Waals surface area contributed by atoms with Gasteiger partial charge in [0.25, 0.3) is 5.91 Å². The number of anilines is 1. The maximum atomic E-state index is 12.8. The summed E-state index contributed by atoms with van der Waals surface area (Å²) in [7, 11) is 1.58. The van der Waals surface area contributed by atoms with Crippen molar-refractivity contribution in [2.24, 2.45) is 0 Å². The molecule has 0 fully saturated rings. The van der Waals surface area contributed by atoms with E-state index in [-0.39, 0.29) is 5.91 Å². The first kappa shape index (κ1) is 15.1. The third kappa shape index (κ3) is 2.90. The van der Waals surface area contributed by atoms with Gasteiger partial charge in [-0.1, -0.05) is 42.5 Å². The molecule has 3 rings (SSSR count). The standard InChI is InChI=1S/C20H19NO2/c1-13-7-6-8-14(2)19(13)21-20(22)17-11-15-9-4-5-10-16(15)12-18(17)23-3/h4-12H,1-3H3,(H,21,22). The molecule has 1 amide bonds. The third-order valence-electron chi connectivity index (χ3n) is 4.03. The van der Waals surface area contributed by atoms with E-state index in [4.69, 9.17) is 4.74 Å². The highest BCUT2D eigenvalue weighted by atomic mass is 16.5. The van der Waals surface area contributed by atoms with Crippen LogP contribution in [-0.2, 0) is 0 Å². The van der Waals surface area contributed by atoms with Gasteiger partial charge in [0.15, 0.2) is 0 Å². The van der Waals surface area contributed by atoms with Crippen LogP contribution in [0.5, 0.6) is 5.75 Å². The Morgan fingerprint density at radius 2 is 1.52 bits per heavy atom. The van der Waals surface area contributed by atoms with Crippen molar-refractivity contribution < 1.29 is 9.53 Å². The predicted molar refractivity (Wildman–Crippen MR) is 94.4 cm³/mol. The Morgan fingerprint density at radius 3 is 2.13 bits per heavy atom. The molecule has 0 aliphatic rings. The Balaban J connectivity index is 2.03. The highest BCUT2D eigenvalue weighted by Gasteiger charge is 2.15. The van der Waals surface area contributed by atoms with Gasteiger partial charge in [0.05, 0.1) is 12.7 Å². The zero-order valence-electron chi connectivity index (χ0n) is 13.5. The number of carbonyl (C=O) groups is 1. The van der Waals surface area contributed by atoms with Crippen LogP contribution in [0.15, 0.2) is 54.6 Å². The molecule has 0 saturated carbocycles. The van der Waals surface area contributed by atoms with Gasteiger partial charge >= 0.3 is 0 Å². The highest BCUT2D eigenvalue weighted by molar-refractivity contribution is 6.09. The molecule has 0 radical (unpaired) electrons.